The number of nitrogens with one attached hydrogen (secondary N) is 1. The second-order valence-corrected chi connectivity index (χ2v) is 4.64. The molecular formula is C13H25N5O. The molecule has 0 aliphatic heterocycles. The normalized spacial score (nSPS) is 10.8. The summed E-state index contributed by atoms with van der Waals surface area (Å²) in [6.45, 7) is 4.98. The molecule has 0 bridgehead atoms. The van der Waals surface area contributed by atoms with Crippen LogP contribution in [-0.2, 0) is 11.3 Å². The quantitative estimate of drug-likeness (QED) is 0.760. The van der Waals surface area contributed by atoms with Crippen molar-refractivity contribution >= 4 is 11.6 Å². The largest absolute Gasteiger partial charge is 0.374 e. The zero-order chi connectivity index (χ0) is 14.3. The highest BCUT2D eigenvalue weighted by Crippen LogP contribution is 2.14. The number of rotatable bonds is 8. The molecular weight excluding hydrogens is 242 g/mol. The summed E-state index contributed by atoms with van der Waals surface area (Å²) in [7, 11) is 8.02. The Morgan fingerprint density at radius 3 is 2.53 bits per heavy atom. The highest BCUT2D eigenvalue weighted by atomic mass is 16.5. The molecule has 1 N–H and O–H groups in total. The van der Waals surface area contributed by atoms with Crippen molar-refractivity contribution in [2.75, 3.05) is 58.1 Å². The number of aromatic nitrogens is 2. The Hall–Kier alpha value is -1.40. The van der Waals surface area contributed by atoms with E-state index in [0.29, 0.717) is 19.0 Å². The molecule has 0 fully saturated rings. The van der Waals surface area contributed by atoms with Gasteiger partial charge >= 0.3 is 0 Å². The van der Waals surface area contributed by atoms with Gasteiger partial charge < -0.3 is 19.9 Å². The van der Waals surface area contributed by atoms with Crippen molar-refractivity contribution in [1.29, 1.82) is 0 Å². The minimum absolute atomic E-state index is 0.445. The fourth-order valence-corrected chi connectivity index (χ4v) is 1.53. The van der Waals surface area contributed by atoms with Crippen LogP contribution in [0.5, 0.6) is 0 Å². The Balaban J connectivity index is 2.79. The number of likely N-dealkylation sites (N-methyl/N-ethyl adjacent to an activating group) is 2. The van der Waals surface area contributed by atoms with Crippen LogP contribution in [0.15, 0.2) is 6.07 Å². The topological polar surface area (TPSA) is 53.5 Å². The van der Waals surface area contributed by atoms with E-state index in [2.05, 4.69) is 39.2 Å². The van der Waals surface area contributed by atoms with Crippen molar-refractivity contribution in [2.24, 2.45) is 0 Å². The highest BCUT2D eigenvalue weighted by Gasteiger charge is 2.08. The Morgan fingerprint density at radius 1 is 1.21 bits per heavy atom. The van der Waals surface area contributed by atoms with E-state index in [1.54, 1.807) is 0 Å². The summed E-state index contributed by atoms with van der Waals surface area (Å²) < 4.78 is 5.37. The van der Waals surface area contributed by atoms with Crippen molar-refractivity contribution in [3.05, 3.63) is 11.9 Å². The van der Waals surface area contributed by atoms with E-state index >= 15 is 0 Å². The van der Waals surface area contributed by atoms with E-state index in [-0.39, 0.29) is 0 Å². The van der Waals surface area contributed by atoms with Crippen LogP contribution < -0.4 is 10.2 Å². The smallest absolute Gasteiger partial charge is 0.158 e. The lowest BCUT2D eigenvalue weighted by Gasteiger charge is -2.21. The molecule has 0 aliphatic rings. The van der Waals surface area contributed by atoms with Gasteiger partial charge in [0.15, 0.2) is 5.82 Å². The van der Waals surface area contributed by atoms with Crippen molar-refractivity contribution in [1.82, 2.24) is 14.9 Å². The van der Waals surface area contributed by atoms with Crippen LogP contribution in [0.3, 0.4) is 0 Å². The zero-order valence-electron chi connectivity index (χ0n) is 12.6. The molecule has 0 unspecified atom stereocenters. The average Bonchev–Trinajstić information content (AvgIpc) is 2.41. The molecule has 1 aromatic rings. The van der Waals surface area contributed by atoms with Crippen molar-refractivity contribution < 1.29 is 4.74 Å². The second-order valence-electron chi connectivity index (χ2n) is 4.64. The van der Waals surface area contributed by atoms with Crippen LogP contribution >= 0.6 is 0 Å². The van der Waals surface area contributed by atoms with Crippen LogP contribution in [0.4, 0.5) is 11.6 Å². The molecule has 1 aromatic heterocycles. The summed E-state index contributed by atoms with van der Waals surface area (Å²) in [6, 6.07) is 1.95. The van der Waals surface area contributed by atoms with E-state index in [0.717, 1.165) is 24.7 Å². The van der Waals surface area contributed by atoms with Gasteiger partial charge in [0, 0.05) is 39.9 Å². The number of nitrogens with zero attached hydrogens (tertiary/aromatic N) is 4. The standard InChI is InChI=1S/C13H25N5O/c1-6-19-10-12-15-11(14-2)9-13(16-12)18(5)8-7-17(3)4/h9H,6-8,10H2,1-5H3,(H,14,15,16). The molecule has 0 atom stereocenters. The Bertz CT molecular complexity index is 383. The summed E-state index contributed by atoms with van der Waals surface area (Å²) >= 11 is 0. The number of ether oxygens (including phenoxy) is 1. The van der Waals surface area contributed by atoms with E-state index in [1.807, 2.05) is 27.1 Å². The summed E-state index contributed by atoms with van der Waals surface area (Å²) in [5, 5.41) is 3.06. The van der Waals surface area contributed by atoms with Gasteiger partial charge in [0.1, 0.15) is 18.2 Å². The zero-order valence-corrected chi connectivity index (χ0v) is 12.6. The third-order valence-electron chi connectivity index (χ3n) is 2.72. The highest BCUT2D eigenvalue weighted by molar-refractivity contribution is 5.48. The van der Waals surface area contributed by atoms with Crippen LogP contribution in [0.1, 0.15) is 12.7 Å². The van der Waals surface area contributed by atoms with Crippen LogP contribution in [-0.4, -0.2) is 62.8 Å². The van der Waals surface area contributed by atoms with E-state index in [1.165, 1.54) is 0 Å². The maximum absolute atomic E-state index is 5.37. The Kier molecular flexibility index (Phi) is 6.52. The lowest BCUT2D eigenvalue weighted by Crippen LogP contribution is -2.29. The fourth-order valence-electron chi connectivity index (χ4n) is 1.53. The molecule has 1 heterocycles. The number of hydrogen-bond acceptors (Lipinski definition) is 6. The molecule has 19 heavy (non-hydrogen) atoms. The predicted octanol–water partition coefficient (Wildman–Crippen LogP) is 1.05. The molecule has 0 aliphatic carbocycles. The third kappa shape index (κ3) is 5.40. The summed E-state index contributed by atoms with van der Waals surface area (Å²) in [5.41, 5.74) is 0. The third-order valence-corrected chi connectivity index (χ3v) is 2.72. The van der Waals surface area contributed by atoms with Gasteiger partial charge in [-0.25, -0.2) is 9.97 Å². The van der Waals surface area contributed by atoms with E-state index in [4.69, 9.17) is 4.74 Å². The first-order valence-electron chi connectivity index (χ1n) is 6.56. The molecule has 6 nitrogen and oxygen atoms in total. The van der Waals surface area contributed by atoms with Crippen LogP contribution in [0, 0.1) is 0 Å². The summed E-state index contributed by atoms with van der Waals surface area (Å²) in [5.74, 6) is 2.44. The van der Waals surface area contributed by atoms with Gasteiger partial charge in [0.2, 0.25) is 0 Å². The lowest BCUT2D eigenvalue weighted by molar-refractivity contribution is 0.128. The van der Waals surface area contributed by atoms with Gasteiger partial charge in [0.05, 0.1) is 0 Å². The van der Waals surface area contributed by atoms with Crippen molar-refractivity contribution in [3.63, 3.8) is 0 Å². The minimum atomic E-state index is 0.445. The van der Waals surface area contributed by atoms with Crippen molar-refractivity contribution in [2.45, 2.75) is 13.5 Å². The van der Waals surface area contributed by atoms with E-state index in [9.17, 15) is 0 Å². The Morgan fingerprint density at radius 2 is 1.95 bits per heavy atom. The van der Waals surface area contributed by atoms with Gasteiger partial charge in [-0.1, -0.05) is 0 Å². The lowest BCUT2D eigenvalue weighted by atomic mass is 10.4. The van der Waals surface area contributed by atoms with Crippen molar-refractivity contribution in [3.8, 4) is 0 Å². The second kappa shape index (κ2) is 7.91. The van der Waals surface area contributed by atoms with Crippen LogP contribution in [0.2, 0.25) is 0 Å². The fraction of sp³-hybridized carbons (Fsp3) is 0.692. The van der Waals surface area contributed by atoms with Gasteiger partial charge in [-0.3, -0.25) is 0 Å². The average molecular weight is 267 g/mol. The summed E-state index contributed by atoms with van der Waals surface area (Å²) in [4.78, 5) is 13.2. The minimum Gasteiger partial charge on any atom is -0.374 e. The Labute approximate surface area is 115 Å². The number of anilines is 2. The molecule has 0 saturated carbocycles. The monoisotopic (exact) mass is 267 g/mol. The number of hydrogen-bond donors (Lipinski definition) is 1. The van der Waals surface area contributed by atoms with Gasteiger partial charge in [-0.2, -0.15) is 0 Å². The maximum atomic E-state index is 5.37. The first kappa shape index (κ1) is 15.7. The SMILES string of the molecule is CCOCc1nc(NC)cc(N(C)CCN(C)C)n1. The molecule has 0 amide bonds. The molecule has 1 rings (SSSR count). The molecule has 6 heteroatoms. The van der Waals surface area contributed by atoms with Gasteiger partial charge in [0.25, 0.3) is 0 Å². The van der Waals surface area contributed by atoms with Gasteiger partial charge in [-0.05, 0) is 21.0 Å². The molecule has 0 aromatic carbocycles. The molecule has 0 radical (unpaired) electrons. The molecule has 0 spiro atoms. The van der Waals surface area contributed by atoms with E-state index < -0.39 is 0 Å². The molecule has 0 saturated heterocycles. The molecule has 108 valence electrons. The predicted molar refractivity (Wildman–Crippen MR) is 78.7 cm³/mol. The van der Waals surface area contributed by atoms with Gasteiger partial charge in [-0.15, -0.1) is 0 Å². The maximum Gasteiger partial charge on any atom is 0.158 e. The van der Waals surface area contributed by atoms with Crippen LogP contribution in [0.25, 0.3) is 0 Å². The first-order valence-corrected chi connectivity index (χ1v) is 6.56. The summed E-state index contributed by atoms with van der Waals surface area (Å²) in [6.07, 6.45) is 0. The first-order chi connectivity index (χ1) is 9.06.